The van der Waals surface area contributed by atoms with Crippen LogP contribution >= 0.6 is 11.8 Å². The summed E-state index contributed by atoms with van der Waals surface area (Å²) in [5, 5.41) is 7.04. The highest BCUT2D eigenvalue weighted by molar-refractivity contribution is 7.99. The van der Waals surface area contributed by atoms with Crippen molar-refractivity contribution in [2.45, 2.75) is 12.1 Å². The van der Waals surface area contributed by atoms with Crippen LogP contribution in [-0.4, -0.2) is 23.6 Å². The second-order valence-electron chi connectivity index (χ2n) is 2.08. The topological polar surface area (TPSA) is 97.5 Å². The Balaban J connectivity index is 2.64. The molecular formula is C4H6N6S. The molecule has 6 nitrogen and oxygen atoms in total. The highest BCUT2D eigenvalue weighted by Crippen LogP contribution is 2.23. The first-order valence-electron chi connectivity index (χ1n) is 3.04. The molecule has 0 aromatic carbocycles. The Kier molecular flexibility index (Phi) is 2.92. The summed E-state index contributed by atoms with van der Waals surface area (Å²) >= 11 is 1.64. The number of thioether (sulfide) groups is 1. The maximum absolute atomic E-state index is 8.13. The molecule has 2 atom stereocenters. The van der Waals surface area contributed by atoms with Crippen molar-refractivity contribution in [3.63, 3.8) is 0 Å². The fourth-order valence-electron chi connectivity index (χ4n) is 0.885. The Morgan fingerprint density at radius 1 is 1.09 bits per heavy atom. The molecular weight excluding hydrogens is 164 g/mol. The first-order valence-corrected chi connectivity index (χ1v) is 4.20. The molecule has 0 aliphatic carbocycles. The van der Waals surface area contributed by atoms with Crippen LogP contribution in [0.25, 0.3) is 20.9 Å². The molecule has 1 aliphatic heterocycles. The molecule has 0 N–H and O–H groups in total. The maximum Gasteiger partial charge on any atom is 0.0556 e. The summed E-state index contributed by atoms with van der Waals surface area (Å²) in [5.74, 6) is 1.52. The maximum atomic E-state index is 8.13. The molecule has 0 saturated carbocycles. The van der Waals surface area contributed by atoms with Crippen molar-refractivity contribution in [2.75, 3.05) is 11.5 Å². The fourth-order valence-corrected chi connectivity index (χ4v) is 2.08. The van der Waals surface area contributed by atoms with Crippen molar-refractivity contribution in [3.8, 4) is 0 Å². The predicted octanol–water partition coefficient (Wildman–Crippen LogP) is 2.09. The molecule has 1 rings (SSSR count). The molecule has 58 valence electrons. The van der Waals surface area contributed by atoms with Gasteiger partial charge in [0.15, 0.2) is 0 Å². The Labute approximate surface area is 67.2 Å². The summed E-state index contributed by atoms with van der Waals surface area (Å²) in [4.78, 5) is 5.36. The second-order valence-corrected chi connectivity index (χ2v) is 3.16. The molecule has 0 radical (unpaired) electrons. The van der Waals surface area contributed by atoms with Gasteiger partial charge in [-0.05, 0) is 11.1 Å². The smallest absolute Gasteiger partial charge is 0.0556 e. The number of hydrogen-bond acceptors (Lipinski definition) is 3. The molecule has 1 fully saturated rings. The lowest BCUT2D eigenvalue weighted by Crippen LogP contribution is -2.18. The Bertz CT molecular complexity index is 203. The van der Waals surface area contributed by atoms with Crippen molar-refractivity contribution < 1.29 is 0 Å². The van der Waals surface area contributed by atoms with E-state index in [1.165, 1.54) is 0 Å². The molecule has 0 aromatic rings. The average molecular weight is 170 g/mol. The Hall–Kier alpha value is -1.03. The van der Waals surface area contributed by atoms with Gasteiger partial charge in [-0.15, -0.1) is 0 Å². The van der Waals surface area contributed by atoms with Crippen molar-refractivity contribution in [3.05, 3.63) is 20.9 Å². The summed E-state index contributed by atoms with van der Waals surface area (Å²) in [7, 11) is 0. The van der Waals surface area contributed by atoms with E-state index in [2.05, 4.69) is 20.1 Å². The van der Waals surface area contributed by atoms with Crippen LogP contribution in [0.1, 0.15) is 0 Å². The molecule has 0 unspecified atom stereocenters. The number of nitrogens with zero attached hydrogens (tertiary/aromatic N) is 6. The van der Waals surface area contributed by atoms with E-state index >= 15 is 0 Å². The largest absolute Gasteiger partial charge is 0.161 e. The zero-order valence-corrected chi connectivity index (χ0v) is 6.48. The van der Waals surface area contributed by atoms with Gasteiger partial charge in [-0.25, -0.2) is 0 Å². The van der Waals surface area contributed by atoms with Crippen LogP contribution in [0.15, 0.2) is 10.2 Å². The quantitative estimate of drug-likeness (QED) is 0.354. The average Bonchev–Trinajstić information content (AvgIpc) is 2.39. The van der Waals surface area contributed by atoms with Gasteiger partial charge in [0.25, 0.3) is 0 Å². The van der Waals surface area contributed by atoms with Gasteiger partial charge in [-0.3, -0.25) is 0 Å². The third kappa shape index (κ3) is 1.94. The molecule has 0 amide bonds. The number of rotatable bonds is 2. The van der Waals surface area contributed by atoms with E-state index in [4.69, 9.17) is 11.1 Å². The normalized spacial score (nSPS) is 28.7. The van der Waals surface area contributed by atoms with Gasteiger partial charge in [-0.1, -0.05) is 10.2 Å². The highest BCUT2D eigenvalue weighted by atomic mass is 32.2. The van der Waals surface area contributed by atoms with Crippen molar-refractivity contribution in [1.82, 2.24) is 0 Å². The van der Waals surface area contributed by atoms with E-state index < -0.39 is 0 Å². The molecule has 0 aromatic heterocycles. The van der Waals surface area contributed by atoms with Crippen LogP contribution in [0.3, 0.4) is 0 Å². The van der Waals surface area contributed by atoms with Gasteiger partial charge in [0.1, 0.15) is 0 Å². The minimum atomic E-state index is -0.152. The Morgan fingerprint density at radius 2 is 1.55 bits per heavy atom. The van der Waals surface area contributed by atoms with Crippen molar-refractivity contribution in [2.24, 2.45) is 10.2 Å². The van der Waals surface area contributed by atoms with Gasteiger partial charge in [0, 0.05) is 21.3 Å². The first kappa shape index (κ1) is 8.07. The summed E-state index contributed by atoms with van der Waals surface area (Å²) in [6.07, 6.45) is 0. The van der Waals surface area contributed by atoms with E-state index in [0.717, 1.165) is 11.5 Å². The van der Waals surface area contributed by atoms with E-state index in [0.29, 0.717) is 0 Å². The van der Waals surface area contributed by atoms with Gasteiger partial charge >= 0.3 is 0 Å². The number of azide groups is 2. The molecule has 0 bridgehead atoms. The molecule has 1 heterocycles. The third-order valence-corrected chi connectivity index (χ3v) is 2.58. The van der Waals surface area contributed by atoms with Crippen LogP contribution in [0, 0.1) is 0 Å². The van der Waals surface area contributed by atoms with Crippen LogP contribution in [0.5, 0.6) is 0 Å². The molecule has 0 spiro atoms. The van der Waals surface area contributed by atoms with E-state index in [9.17, 15) is 0 Å². The van der Waals surface area contributed by atoms with E-state index in [1.54, 1.807) is 11.8 Å². The number of hydrogen-bond donors (Lipinski definition) is 0. The lowest BCUT2D eigenvalue weighted by Gasteiger charge is -2.03. The van der Waals surface area contributed by atoms with Crippen LogP contribution in [-0.2, 0) is 0 Å². The SMILES string of the molecule is [N-]=[N+]=N[C@H]1CSC[C@H]1N=[N+]=[N-]. The van der Waals surface area contributed by atoms with Gasteiger partial charge in [-0.2, -0.15) is 11.8 Å². The van der Waals surface area contributed by atoms with E-state index in [-0.39, 0.29) is 12.1 Å². The second kappa shape index (κ2) is 3.98. The molecule has 1 saturated heterocycles. The molecule has 11 heavy (non-hydrogen) atoms. The fraction of sp³-hybridized carbons (Fsp3) is 1.00. The van der Waals surface area contributed by atoms with Crippen LogP contribution in [0.2, 0.25) is 0 Å². The molecule has 7 heteroatoms. The zero-order valence-electron chi connectivity index (χ0n) is 5.66. The standard InChI is InChI=1S/C4H6N6S/c5-9-7-3-1-11-2-4(3)8-10-6/h3-4H,1-2H2/t3-,4+. The van der Waals surface area contributed by atoms with Gasteiger partial charge < -0.3 is 0 Å². The van der Waals surface area contributed by atoms with Crippen molar-refractivity contribution in [1.29, 1.82) is 0 Å². The highest BCUT2D eigenvalue weighted by Gasteiger charge is 2.25. The monoisotopic (exact) mass is 170 g/mol. The lowest BCUT2D eigenvalue weighted by molar-refractivity contribution is 0.634. The minimum absolute atomic E-state index is 0.152. The predicted molar refractivity (Wildman–Crippen MR) is 43.2 cm³/mol. The van der Waals surface area contributed by atoms with Crippen LogP contribution < -0.4 is 0 Å². The van der Waals surface area contributed by atoms with E-state index in [1.807, 2.05) is 0 Å². The molecule has 1 aliphatic rings. The van der Waals surface area contributed by atoms with Crippen molar-refractivity contribution >= 4 is 11.8 Å². The first-order chi connectivity index (χ1) is 5.38. The minimum Gasteiger partial charge on any atom is -0.161 e. The zero-order chi connectivity index (χ0) is 8.10. The summed E-state index contributed by atoms with van der Waals surface area (Å²) in [6, 6.07) is -0.304. The Morgan fingerprint density at radius 3 is 1.91 bits per heavy atom. The summed E-state index contributed by atoms with van der Waals surface area (Å²) in [5.41, 5.74) is 16.3. The van der Waals surface area contributed by atoms with Gasteiger partial charge in [0.05, 0.1) is 12.1 Å². The van der Waals surface area contributed by atoms with Gasteiger partial charge in [0.2, 0.25) is 0 Å². The summed E-state index contributed by atoms with van der Waals surface area (Å²) in [6.45, 7) is 0. The lowest BCUT2D eigenvalue weighted by atomic mass is 10.2. The third-order valence-electron chi connectivity index (χ3n) is 1.42. The van der Waals surface area contributed by atoms with Crippen LogP contribution in [0.4, 0.5) is 0 Å². The summed E-state index contributed by atoms with van der Waals surface area (Å²) < 4.78 is 0.